The molecule has 0 aliphatic carbocycles. The van der Waals surface area contributed by atoms with Gasteiger partial charge in [-0.05, 0) is 49.6 Å². The fraction of sp³-hybridized carbons (Fsp3) is 0.333. The second kappa shape index (κ2) is 10.1. The highest BCUT2D eigenvalue weighted by Crippen LogP contribution is 2.19. The highest BCUT2D eigenvalue weighted by molar-refractivity contribution is 6.30. The van der Waals surface area contributed by atoms with E-state index in [1.54, 1.807) is 23.1 Å². The summed E-state index contributed by atoms with van der Waals surface area (Å²) in [6.45, 7) is 2.66. The zero-order valence-electron chi connectivity index (χ0n) is 16.7. The number of carbonyl (C=O) groups is 3. The molecule has 1 aromatic heterocycles. The lowest BCUT2D eigenvalue weighted by molar-refractivity contribution is -0.133. The Bertz CT molecular complexity index is 919. The van der Waals surface area contributed by atoms with E-state index in [0.717, 1.165) is 5.56 Å². The maximum absolute atomic E-state index is 12.5. The number of hydrogen-bond acceptors (Lipinski definition) is 4. The molecule has 3 N–H and O–H groups in total. The van der Waals surface area contributed by atoms with Gasteiger partial charge in [-0.25, -0.2) is 9.78 Å². The Labute approximate surface area is 180 Å². The number of urea groups is 1. The molecule has 30 heavy (non-hydrogen) atoms. The topological polar surface area (TPSA) is 103 Å². The first-order valence-electron chi connectivity index (χ1n) is 9.72. The summed E-state index contributed by atoms with van der Waals surface area (Å²) in [6, 6.07) is 10.2. The van der Waals surface area contributed by atoms with Crippen LogP contribution in [0.2, 0.25) is 5.02 Å². The number of halogens is 1. The van der Waals surface area contributed by atoms with Gasteiger partial charge in [-0.3, -0.25) is 9.59 Å². The van der Waals surface area contributed by atoms with Gasteiger partial charge in [0.15, 0.2) is 0 Å². The molecule has 1 fully saturated rings. The van der Waals surface area contributed by atoms with Gasteiger partial charge in [-0.15, -0.1) is 0 Å². The summed E-state index contributed by atoms with van der Waals surface area (Å²) in [5, 5.41) is 8.51. The molecule has 1 aliphatic heterocycles. The van der Waals surface area contributed by atoms with E-state index in [9.17, 15) is 14.4 Å². The van der Waals surface area contributed by atoms with Crippen molar-refractivity contribution in [3.05, 3.63) is 53.2 Å². The first-order valence-corrected chi connectivity index (χ1v) is 10.1. The molecule has 0 radical (unpaired) electrons. The molecule has 1 aliphatic rings. The maximum atomic E-state index is 12.5. The van der Waals surface area contributed by atoms with Crippen LogP contribution >= 0.6 is 11.6 Å². The number of hydrogen-bond donors (Lipinski definition) is 3. The second-order valence-electron chi connectivity index (χ2n) is 7.21. The number of carbonyl (C=O) groups excluding carboxylic acids is 3. The summed E-state index contributed by atoms with van der Waals surface area (Å²) in [5.74, 6) is -0.326. The molecule has 2 heterocycles. The third-order valence-electron chi connectivity index (χ3n) is 4.80. The number of pyridine rings is 1. The molecule has 1 unspecified atom stereocenters. The molecule has 4 amide bonds. The number of likely N-dealkylation sites (tertiary alicyclic amines) is 1. The number of benzene rings is 1. The third kappa shape index (κ3) is 6.18. The van der Waals surface area contributed by atoms with Gasteiger partial charge in [-0.1, -0.05) is 23.7 Å². The number of amides is 4. The zero-order chi connectivity index (χ0) is 21.5. The second-order valence-corrected chi connectivity index (χ2v) is 7.64. The molecule has 3 rings (SSSR count). The summed E-state index contributed by atoms with van der Waals surface area (Å²) in [5.41, 5.74) is 1.68. The van der Waals surface area contributed by atoms with Crippen LogP contribution in [0.5, 0.6) is 0 Å². The Morgan fingerprint density at radius 2 is 2.03 bits per heavy atom. The smallest absolute Gasteiger partial charge is 0.319 e. The molecule has 1 atom stereocenters. The number of aryl methyl sites for hydroxylation is 1. The van der Waals surface area contributed by atoms with Gasteiger partial charge >= 0.3 is 6.03 Å². The fourth-order valence-electron chi connectivity index (χ4n) is 3.26. The van der Waals surface area contributed by atoms with Crippen LogP contribution in [0.15, 0.2) is 42.6 Å². The molecule has 0 spiro atoms. The zero-order valence-corrected chi connectivity index (χ0v) is 17.4. The Kier molecular flexibility index (Phi) is 7.24. The number of aromatic nitrogens is 1. The van der Waals surface area contributed by atoms with Crippen LogP contribution in [0, 0.1) is 12.8 Å². The highest BCUT2D eigenvalue weighted by atomic mass is 35.5. The van der Waals surface area contributed by atoms with E-state index in [1.165, 1.54) is 6.20 Å². The van der Waals surface area contributed by atoms with Crippen LogP contribution in [0.4, 0.5) is 16.3 Å². The predicted molar refractivity (Wildman–Crippen MR) is 115 cm³/mol. The van der Waals surface area contributed by atoms with E-state index >= 15 is 0 Å². The Morgan fingerprint density at radius 1 is 1.20 bits per heavy atom. The van der Waals surface area contributed by atoms with Gasteiger partial charge in [0.25, 0.3) is 0 Å². The van der Waals surface area contributed by atoms with Crippen LogP contribution in [0.3, 0.4) is 0 Å². The average molecular weight is 430 g/mol. The summed E-state index contributed by atoms with van der Waals surface area (Å²) in [6.07, 6.45) is 2.86. The molecule has 1 saturated heterocycles. The van der Waals surface area contributed by atoms with Crippen molar-refractivity contribution >= 4 is 41.0 Å². The van der Waals surface area contributed by atoms with E-state index in [1.807, 2.05) is 25.1 Å². The van der Waals surface area contributed by atoms with E-state index in [2.05, 4.69) is 20.9 Å². The van der Waals surface area contributed by atoms with Gasteiger partial charge in [-0.2, -0.15) is 0 Å². The highest BCUT2D eigenvalue weighted by Gasteiger charge is 2.28. The first-order chi connectivity index (χ1) is 14.4. The van der Waals surface area contributed by atoms with Crippen molar-refractivity contribution in [2.75, 3.05) is 30.3 Å². The quantitative estimate of drug-likeness (QED) is 0.679. The minimum Gasteiger partial charge on any atom is -0.340 e. The maximum Gasteiger partial charge on any atom is 0.319 e. The minimum atomic E-state index is -0.450. The minimum absolute atomic E-state index is 0.134. The van der Waals surface area contributed by atoms with Crippen LogP contribution in [0.25, 0.3) is 0 Å². The van der Waals surface area contributed by atoms with E-state index in [0.29, 0.717) is 42.5 Å². The number of anilines is 2. The molecule has 2 aromatic rings. The van der Waals surface area contributed by atoms with Crippen LogP contribution in [-0.4, -0.2) is 47.4 Å². The van der Waals surface area contributed by atoms with Gasteiger partial charge in [0, 0.05) is 25.0 Å². The number of rotatable bonds is 5. The molecule has 8 nitrogen and oxygen atoms in total. The number of nitrogens with zero attached hydrogens (tertiary/aromatic N) is 2. The Hall–Kier alpha value is -3.13. The van der Waals surface area contributed by atoms with Crippen molar-refractivity contribution in [1.82, 2.24) is 15.2 Å². The van der Waals surface area contributed by atoms with Gasteiger partial charge in [0.2, 0.25) is 11.8 Å². The molecule has 9 heteroatoms. The third-order valence-corrected chi connectivity index (χ3v) is 5.02. The Balaban J connectivity index is 1.47. The van der Waals surface area contributed by atoms with Gasteiger partial charge < -0.3 is 20.9 Å². The van der Waals surface area contributed by atoms with Crippen molar-refractivity contribution in [3.63, 3.8) is 0 Å². The normalized spacial score (nSPS) is 15.9. The number of piperidine rings is 1. The molecular formula is C21H24ClN5O3. The van der Waals surface area contributed by atoms with Gasteiger partial charge in [0.1, 0.15) is 5.82 Å². The molecule has 1 aromatic carbocycles. The van der Waals surface area contributed by atoms with Gasteiger partial charge in [0.05, 0.1) is 17.5 Å². The van der Waals surface area contributed by atoms with Crippen LogP contribution < -0.4 is 16.0 Å². The van der Waals surface area contributed by atoms with Crippen molar-refractivity contribution in [1.29, 1.82) is 0 Å². The average Bonchev–Trinajstić information content (AvgIpc) is 2.74. The molecule has 158 valence electrons. The summed E-state index contributed by atoms with van der Waals surface area (Å²) >= 11 is 5.80. The lowest BCUT2D eigenvalue weighted by Crippen LogP contribution is -2.47. The summed E-state index contributed by atoms with van der Waals surface area (Å²) in [7, 11) is 0. The lowest BCUT2D eigenvalue weighted by Gasteiger charge is -2.32. The summed E-state index contributed by atoms with van der Waals surface area (Å²) in [4.78, 5) is 42.7. The Morgan fingerprint density at radius 3 is 2.77 bits per heavy atom. The number of nitrogens with one attached hydrogen (secondary N) is 3. The van der Waals surface area contributed by atoms with E-state index < -0.39 is 6.03 Å². The summed E-state index contributed by atoms with van der Waals surface area (Å²) < 4.78 is 0. The predicted octanol–water partition coefficient (Wildman–Crippen LogP) is 3.04. The van der Waals surface area contributed by atoms with Crippen LogP contribution in [-0.2, 0) is 9.59 Å². The molecular weight excluding hydrogens is 406 g/mol. The largest absolute Gasteiger partial charge is 0.340 e. The van der Waals surface area contributed by atoms with E-state index in [4.69, 9.17) is 11.6 Å². The van der Waals surface area contributed by atoms with Crippen molar-refractivity contribution in [2.24, 2.45) is 5.92 Å². The van der Waals surface area contributed by atoms with Crippen LogP contribution in [0.1, 0.15) is 18.4 Å². The van der Waals surface area contributed by atoms with Crippen molar-refractivity contribution in [3.8, 4) is 0 Å². The lowest BCUT2D eigenvalue weighted by atomic mass is 9.97. The first kappa shape index (κ1) is 21.6. The van der Waals surface area contributed by atoms with E-state index in [-0.39, 0.29) is 24.3 Å². The van der Waals surface area contributed by atoms with Crippen molar-refractivity contribution in [2.45, 2.75) is 19.8 Å². The fourth-order valence-corrected chi connectivity index (χ4v) is 3.37. The molecule has 0 saturated carbocycles. The van der Waals surface area contributed by atoms with Crippen molar-refractivity contribution < 1.29 is 14.4 Å². The monoisotopic (exact) mass is 429 g/mol. The standard InChI is InChI=1S/C21H24ClN5O3/c1-14-4-2-6-17(10-14)25-21(30)24-12-19(28)27-9-3-5-15(13-27)20(29)26-18-8-7-16(22)11-23-18/h2,4,6-8,10-11,15H,3,5,9,12-13H2,1H3,(H,23,26,29)(H2,24,25,30). The SMILES string of the molecule is Cc1cccc(NC(=O)NCC(=O)N2CCCC(C(=O)Nc3ccc(Cl)cn3)C2)c1. The molecule has 0 bridgehead atoms.